The maximum Gasteiger partial charge on any atom is 0.238 e. The van der Waals surface area contributed by atoms with Crippen LogP contribution in [0.15, 0.2) is 24.3 Å². The highest BCUT2D eigenvalue weighted by molar-refractivity contribution is 14.1. The molecule has 1 N–H and O–H groups in total. The number of rotatable bonds is 3. The molecule has 0 saturated carbocycles. The molecule has 0 unspecified atom stereocenters. The van der Waals surface area contributed by atoms with E-state index in [1.807, 2.05) is 24.3 Å². The third-order valence-corrected chi connectivity index (χ3v) is 4.40. The molecule has 0 spiro atoms. The van der Waals surface area contributed by atoms with Crippen molar-refractivity contribution in [2.45, 2.75) is 20.3 Å². The minimum absolute atomic E-state index is 0.0883. The van der Waals surface area contributed by atoms with Crippen LogP contribution in [0.2, 0.25) is 0 Å². The van der Waals surface area contributed by atoms with E-state index in [2.05, 4.69) is 46.7 Å². The van der Waals surface area contributed by atoms with Crippen LogP contribution >= 0.6 is 22.6 Å². The second-order valence-corrected chi connectivity index (χ2v) is 6.83. The normalized spacial score (nSPS) is 24.2. The number of para-hydroxylation sites is 1. The van der Waals surface area contributed by atoms with Crippen LogP contribution in [0.25, 0.3) is 0 Å². The van der Waals surface area contributed by atoms with Crippen LogP contribution < -0.4 is 5.32 Å². The Labute approximate surface area is 128 Å². The fourth-order valence-electron chi connectivity index (χ4n) is 2.88. The van der Waals surface area contributed by atoms with Crippen LogP contribution in [0.1, 0.15) is 20.3 Å². The van der Waals surface area contributed by atoms with Crippen molar-refractivity contribution in [3.63, 3.8) is 0 Å². The number of nitrogens with zero attached hydrogens (tertiary/aromatic N) is 1. The van der Waals surface area contributed by atoms with Crippen molar-refractivity contribution in [3.8, 4) is 0 Å². The molecule has 1 aliphatic rings. The summed E-state index contributed by atoms with van der Waals surface area (Å²) in [5, 5.41) is 3.00. The van der Waals surface area contributed by atoms with E-state index < -0.39 is 0 Å². The summed E-state index contributed by atoms with van der Waals surface area (Å²) < 4.78 is 1.08. The second-order valence-electron chi connectivity index (χ2n) is 5.67. The fraction of sp³-hybridized carbons (Fsp3) is 0.533. The predicted molar refractivity (Wildman–Crippen MR) is 87.2 cm³/mol. The first-order chi connectivity index (χ1) is 9.04. The van der Waals surface area contributed by atoms with E-state index in [0.717, 1.165) is 22.3 Å². The quantitative estimate of drug-likeness (QED) is 0.827. The lowest BCUT2D eigenvalue weighted by Gasteiger charge is -2.34. The van der Waals surface area contributed by atoms with Gasteiger partial charge in [0.25, 0.3) is 0 Å². The average Bonchev–Trinajstić information content (AvgIpc) is 2.30. The highest BCUT2D eigenvalue weighted by Gasteiger charge is 2.23. The lowest BCUT2D eigenvalue weighted by molar-refractivity contribution is -0.117. The first-order valence-corrected chi connectivity index (χ1v) is 7.89. The molecule has 1 saturated heterocycles. The number of carbonyl (C=O) groups is 1. The zero-order valence-corrected chi connectivity index (χ0v) is 13.7. The van der Waals surface area contributed by atoms with Crippen molar-refractivity contribution >= 4 is 34.2 Å². The molecule has 1 heterocycles. The maximum absolute atomic E-state index is 12.1. The van der Waals surface area contributed by atoms with Gasteiger partial charge in [-0.25, -0.2) is 0 Å². The molecule has 0 radical (unpaired) electrons. The number of likely N-dealkylation sites (tertiary alicyclic amines) is 1. The number of nitrogens with one attached hydrogen (secondary N) is 1. The molecular weight excluding hydrogens is 351 g/mol. The Morgan fingerprint density at radius 1 is 1.32 bits per heavy atom. The van der Waals surface area contributed by atoms with Crippen molar-refractivity contribution in [3.05, 3.63) is 27.8 Å². The second kappa shape index (κ2) is 6.70. The Morgan fingerprint density at radius 3 is 2.58 bits per heavy atom. The number of hydrogen-bond donors (Lipinski definition) is 1. The summed E-state index contributed by atoms with van der Waals surface area (Å²) in [5.41, 5.74) is 0.909. The predicted octanol–water partition coefficient (Wildman–Crippen LogP) is 3.21. The molecule has 2 atom stereocenters. The first-order valence-electron chi connectivity index (χ1n) is 6.81. The van der Waals surface area contributed by atoms with Crippen LogP contribution in [-0.2, 0) is 4.79 Å². The van der Waals surface area contributed by atoms with Gasteiger partial charge in [0.2, 0.25) is 5.91 Å². The minimum atomic E-state index is 0.0883. The third kappa shape index (κ3) is 4.45. The summed E-state index contributed by atoms with van der Waals surface area (Å²) in [6.07, 6.45) is 1.27. The van der Waals surface area contributed by atoms with Gasteiger partial charge < -0.3 is 5.32 Å². The van der Waals surface area contributed by atoms with Crippen molar-refractivity contribution in [1.82, 2.24) is 4.90 Å². The summed E-state index contributed by atoms with van der Waals surface area (Å²) in [7, 11) is 0. The monoisotopic (exact) mass is 372 g/mol. The highest BCUT2D eigenvalue weighted by Crippen LogP contribution is 2.21. The first kappa shape index (κ1) is 14.8. The van der Waals surface area contributed by atoms with Gasteiger partial charge >= 0.3 is 0 Å². The lowest BCUT2D eigenvalue weighted by atomic mass is 9.92. The van der Waals surface area contributed by atoms with Crippen LogP contribution in [-0.4, -0.2) is 30.4 Å². The number of piperidine rings is 1. The molecular formula is C15H21IN2O. The molecule has 2 rings (SSSR count). The topological polar surface area (TPSA) is 32.3 Å². The molecule has 0 bridgehead atoms. The van der Waals surface area contributed by atoms with Gasteiger partial charge in [0, 0.05) is 16.7 Å². The Morgan fingerprint density at radius 2 is 1.95 bits per heavy atom. The van der Waals surface area contributed by atoms with E-state index >= 15 is 0 Å². The average molecular weight is 372 g/mol. The van der Waals surface area contributed by atoms with Gasteiger partial charge in [0.05, 0.1) is 12.2 Å². The number of benzene rings is 1. The molecule has 1 fully saturated rings. The van der Waals surface area contributed by atoms with E-state index in [1.165, 1.54) is 6.42 Å². The smallest absolute Gasteiger partial charge is 0.238 e. The molecule has 0 aromatic heterocycles. The van der Waals surface area contributed by atoms with Crippen molar-refractivity contribution in [1.29, 1.82) is 0 Å². The van der Waals surface area contributed by atoms with Gasteiger partial charge in [-0.2, -0.15) is 0 Å². The molecule has 1 aliphatic heterocycles. The van der Waals surface area contributed by atoms with Gasteiger partial charge in [-0.05, 0) is 53.0 Å². The van der Waals surface area contributed by atoms with E-state index in [4.69, 9.17) is 0 Å². The number of anilines is 1. The molecule has 1 amide bonds. The van der Waals surface area contributed by atoms with Crippen LogP contribution in [0.3, 0.4) is 0 Å². The largest absolute Gasteiger partial charge is 0.324 e. The lowest BCUT2D eigenvalue weighted by Crippen LogP contribution is -2.42. The summed E-state index contributed by atoms with van der Waals surface area (Å²) >= 11 is 2.24. The Bertz CT molecular complexity index is 440. The zero-order chi connectivity index (χ0) is 13.8. The van der Waals surface area contributed by atoms with Crippen LogP contribution in [0.4, 0.5) is 5.69 Å². The van der Waals surface area contributed by atoms with Gasteiger partial charge in [-0.3, -0.25) is 9.69 Å². The maximum atomic E-state index is 12.1. The third-order valence-electron chi connectivity index (χ3n) is 3.46. The number of halogens is 1. The van der Waals surface area contributed by atoms with E-state index in [-0.39, 0.29) is 5.91 Å². The Balaban J connectivity index is 1.89. The van der Waals surface area contributed by atoms with Crippen LogP contribution in [0, 0.1) is 15.4 Å². The van der Waals surface area contributed by atoms with Crippen LogP contribution in [0.5, 0.6) is 0 Å². The molecule has 4 heteroatoms. The molecule has 0 aliphatic carbocycles. The summed E-state index contributed by atoms with van der Waals surface area (Å²) in [5.74, 6) is 1.47. The molecule has 104 valence electrons. The number of carbonyl (C=O) groups excluding carboxylic acids is 1. The molecule has 3 nitrogen and oxygen atoms in total. The van der Waals surface area contributed by atoms with Crippen molar-refractivity contribution in [2.75, 3.05) is 25.0 Å². The van der Waals surface area contributed by atoms with E-state index in [1.54, 1.807) is 0 Å². The summed E-state index contributed by atoms with van der Waals surface area (Å²) in [4.78, 5) is 14.4. The molecule has 1 aromatic carbocycles. The number of hydrogen-bond acceptors (Lipinski definition) is 2. The summed E-state index contributed by atoms with van der Waals surface area (Å²) in [6.45, 7) is 7.09. The van der Waals surface area contributed by atoms with Crippen molar-refractivity contribution in [2.24, 2.45) is 11.8 Å². The van der Waals surface area contributed by atoms with Gasteiger partial charge in [-0.1, -0.05) is 26.0 Å². The zero-order valence-electron chi connectivity index (χ0n) is 11.5. The SMILES string of the molecule is C[C@@H]1C[C@H](C)CN(CC(=O)Nc2ccccc2I)C1. The van der Waals surface area contributed by atoms with E-state index in [0.29, 0.717) is 18.4 Å². The highest BCUT2D eigenvalue weighted by atomic mass is 127. The number of amides is 1. The summed E-state index contributed by atoms with van der Waals surface area (Å²) in [6, 6.07) is 7.87. The minimum Gasteiger partial charge on any atom is -0.324 e. The van der Waals surface area contributed by atoms with Gasteiger partial charge in [-0.15, -0.1) is 0 Å². The van der Waals surface area contributed by atoms with E-state index in [9.17, 15) is 4.79 Å². The standard InChI is InChI=1S/C15H21IN2O/c1-11-7-12(2)9-18(8-11)10-15(19)17-14-6-4-3-5-13(14)16/h3-6,11-12H,7-10H2,1-2H3,(H,17,19)/t11-,12+. The van der Waals surface area contributed by atoms with Crippen molar-refractivity contribution < 1.29 is 4.79 Å². The van der Waals surface area contributed by atoms with Gasteiger partial charge in [0.1, 0.15) is 0 Å². The Hall–Kier alpha value is -0.620. The fourth-order valence-corrected chi connectivity index (χ4v) is 3.40. The van der Waals surface area contributed by atoms with Gasteiger partial charge in [0.15, 0.2) is 0 Å². The Kier molecular flexibility index (Phi) is 5.21. The molecule has 19 heavy (non-hydrogen) atoms. The molecule has 1 aromatic rings.